The van der Waals surface area contributed by atoms with Crippen LogP contribution in [-0.2, 0) is 18.4 Å². The number of carbonyl (C=O) groups is 1. The van der Waals surface area contributed by atoms with Gasteiger partial charge in [0, 0.05) is 12.7 Å². The number of anilines is 1. The Labute approximate surface area is 168 Å². The molecule has 0 saturated carbocycles. The first kappa shape index (κ1) is 18.8. The minimum atomic E-state index is -0.582. The molecule has 3 aromatic carbocycles. The normalized spacial score (nSPS) is 12.1. The van der Waals surface area contributed by atoms with Gasteiger partial charge in [0.25, 0.3) is 0 Å². The zero-order valence-electron chi connectivity index (χ0n) is 16.0. The fourth-order valence-electron chi connectivity index (χ4n) is 3.30. The zero-order chi connectivity index (χ0) is 20.2. The smallest absolute Gasteiger partial charge is 0.246 e. The Bertz CT molecular complexity index is 1120. The van der Waals surface area contributed by atoms with Gasteiger partial charge in [-0.2, -0.15) is 0 Å². The molecular weight excluding hydrogens is 367 g/mol. The summed E-state index contributed by atoms with van der Waals surface area (Å²) in [6.07, 6.45) is 0. The van der Waals surface area contributed by atoms with Crippen LogP contribution in [0.25, 0.3) is 11.0 Å². The number of carbonyl (C=O) groups excluding carboxylic acids is 1. The van der Waals surface area contributed by atoms with E-state index in [9.17, 15) is 9.18 Å². The Morgan fingerprint density at radius 1 is 1.00 bits per heavy atom. The summed E-state index contributed by atoms with van der Waals surface area (Å²) in [5.74, 6) is 0.269. The molecule has 1 amide bonds. The highest BCUT2D eigenvalue weighted by atomic mass is 19.1. The van der Waals surface area contributed by atoms with Gasteiger partial charge in [-0.1, -0.05) is 42.5 Å². The third-order valence-electron chi connectivity index (χ3n) is 4.85. The number of nitrogens with one attached hydrogen (secondary N) is 2. The molecule has 0 unspecified atom stereocenters. The van der Waals surface area contributed by atoms with Crippen LogP contribution >= 0.6 is 0 Å². The third kappa shape index (κ3) is 4.17. The number of imidazole rings is 1. The summed E-state index contributed by atoms with van der Waals surface area (Å²) >= 11 is 0. The molecule has 0 aliphatic carbocycles. The summed E-state index contributed by atoms with van der Waals surface area (Å²) < 4.78 is 15.2. The minimum Gasteiger partial charge on any atom is -0.330 e. The van der Waals surface area contributed by atoms with Gasteiger partial charge in [0.2, 0.25) is 5.91 Å². The van der Waals surface area contributed by atoms with Crippen LogP contribution < -0.4 is 10.6 Å². The van der Waals surface area contributed by atoms with Crippen molar-refractivity contribution in [3.8, 4) is 0 Å². The van der Waals surface area contributed by atoms with Crippen molar-refractivity contribution < 1.29 is 9.18 Å². The highest BCUT2D eigenvalue weighted by molar-refractivity contribution is 5.95. The fourth-order valence-corrected chi connectivity index (χ4v) is 3.30. The molecule has 5 nitrogen and oxygen atoms in total. The van der Waals surface area contributed by atoms with E-state index in [1.54, 1.807) is 12.1 Å². The van der Waals surface area contributed by atoms with Crippen molar-refractivity contribution in [1.82, 2.24) is 14.9 Å². The number of halogens is 1. The molecule has 0 bridgehead atoms. The van der Waals surface area contributed by atoms with E-state index in [1.165, 1.54) is 12.1 Å². The summed E-state index contributed by atoms with van der Waals surface area (Å²) in [4.78, 5) is 17.6. The monoisotopic (exact) mass is 388 g/mol. The van der Waals surface area contributed by atoms with Gasteiger partial charge in [0.1, 0.15) is 17.7 Å². The van der Waals surface area contributed by atoms with Crippen molar-refractivity contribution in [3.05, 3.63) is 96.1 Å². The molecule has 0 saturated heterocycles. The quantitative estimate of drug-likeness (QED) is 0.521. The van der Waals surface area contributed by atoms with E-state index in [2.05, 4.69) is 15.6 Å². The van der Waals surface area contributed by atoms with Gasteiger partial charge in [0.15, 0.2) is 0 Å². The Morgan fingerprint density at radius 3 is 2.41 bits per heavy atom. The number of rotatable bonds is 6. The molecule has 4 aromatic rings. The molecule has 146 valence electrons. The van der Waals surface area contributed by atoms with Crippen LogP contribution in [0.15, 0.2) is 78.9 Å². The van der Waals surface area contributed by atoms with Crippen LogP contribution in [-0.4, -0.2) is 15.5 Å². The maximum Gasteiger partial charge on any atom is 0.246 e. The maximum atomic E-state index is 13.1. The largest absolute Gasteiger partial charge is 0.330 e. The Hall–Kier alpha value is -3.51. The molecule has 0 radical (unpaired) electrons. The second-order valence-corrected chi connectivity index (χ2v) is 6.80. The molecule has 1 atom stereocenters. The number of hydrogen-bond donors (Lipinski definition) is 2. The molecule has 4 rings (SSSR count). The van der Waals surface area contributed by atoms with Crippen LogP contribution in [0.4, 0.5) is 10.1 Å². The van der Waals surface area contributed by atoms with E-state index in [0.29, 0.717) is 12.2 Å². The average Bonchev–Trinajstić information content (AvgIpc) is 3.07. The first-order valence-electron chi connectivity index (χ1n) is 9.37. The van der Waals surface area contributed by atoms with Crippen molar-refractivity contribution in [1.29, 1.82) is 0 Å². The second kappa shape index (κ2) is 8.24. The highest BCUT2D eigenvalue weighted by Crippen LogP contribution is 2.19. The van der Waals surface area contributed by atoms with Gasteiger partial charge < -0.3 is 9.88 Å². The maximum absolute atomic E-state index is 13.1. The third-order valence-corrected chi connectivity index (χ3v) is 4.85. The number of benzene rings is 3. The van der Waals surface area contributed by atoms with E-state index in [4.69, 9.17) is 0 Å². The lowest BCUT2D eigenvalue weighted by Gasteiger charge is -2.19. The average molecular weight is 388 g/mol. The number of fused-ring (bicyclic) bond motifs is 1. The molecule has 1 heterocycles. The van der Waals surface area contributed by atoms with Crippen molar-refractivity contribution in [2.75, 3.05) is 5.32 Å². The van der Waals surface area contributed by atoms with Crippen LogP contribution in [0, 0.1) is 5.82 Å². The van der Waals surface area contributed by atoms with Crippen LogP contribution in [0.1, 0.15) is 17.4 Å². The number of aryl methyl sites for hydroxylation is 1. The van der Waals surface area contributed by atoms with Gasteiger partial charge in [-0.3, -0.25) is 10.1 Å². The van der Waals surface area contributed by atoms with E-state index in [0.717, 1.165) is 22.4 Å². The van der Waals surface area contributed by atoms with Gasteiger partial charge in [-0.25, -0.2) is 9.37 Å². The summed E-state index contributed by atoms with van der Waals surface area (Å²) in [6.45, 7) is 0.418. The predicted molar refractivity (Wildman–Crippen MR) is 112 cm³/mol. The van der Waals surface area contributed by atoms with E-state index in [1.807, 2.05) is 66.2 Å². The topological polar surface area (TPSA) is 59.0 Å². The SMILES string of the molecule is Cn1c(CN[C@H](C(=O)Nc2ccc(F)cc2)c2ccccc2)nc2ccccc21. The summed E-state index contributed by atoms with van der Waals surface area (Å²) in [6, 6.07) is 22.5. The Morgan fingerprint density at radius 2 is 1.69 bits per heavy atom. The van der Waals surface area contributed by atoms with Gasteiger partial charge in [-0.05, 0) is 42.0 Å². The van der Waals surface area contributed by atoms with Crippen molar-refractivity contribution >= 4 is 22.6 Å². The highest BCUT2D eigenvalue weighted by Gasteiger charge is 2.21. The number of nitrogens with zero attached hydrogens (tertiary/aromatic N) is 2. The molecule has 1 aromatic heterocycles. The van der Waals surface area contributed by atoms with Gasteiger partial charge >= 0.3 is 0 Å². The predicted octanol–water partition coefficient (Wildman–Crippen LogP) is 4.18. The molecular formula is C23H21FN4O. The zero-order valence-corrected chi connectivity index (χ0v) is 16.0. The molecule has 0 fully saturated rings. The number of aromatic nitrogens is 2. The second-order valence-electron chi connectivity index (χ2n) is 6.80. The Kier molecular flexibility index (Phi) is 5.35. The molecule has 0 aliphatic rings. The fraction of sp³-hybridized carbons (Fsp3) is 0.130. The molecule has 6 heteroatoms. The van der Waals surface area contributed by atoms with E-state index < -0.39 is 6.04 Å². The number of amides is 1. The summed E-state index contributed by atoms with van der Waals surface area (Å²) in [5, 5.41) is 6.17. The lowest BCUT2D eigenvalue weighted by Crippen LogP contribution is -2.33. The number of hydrogen-bond acceptors (Lipinski definition) is 3. The van der Waals surface area contributed by atoms with Crippen LogP contribution in [0.5, 0.6) is 0 Å². The van der Waals surface area contributed by atoms with Gasteiger partial charge in [0.05, 0.1) is 17.6 Å². The summed E-state index contributed by atoms with van der Waals surface area (Å²) in [5.41, 5.74) is 3.34. The first-order chi connectivity index (χ1) is 14.1. The van der Waals surface area contributed by atoms with E-state index >= 15 is 0 Å². The van der Waals surface area contributed by atoms with E-state index in [-0.39, 0.29) is 11.7 Å². The van der Waals surface area contributed by atoms with Crippen molar-refractivity contribution in [3.63, 3.8) is 0 Å². The summed E-state index contributed by atoms with van der Waals surface area (Å²) in [7, 11) is 1.96. The van der Waals surface area contributed by atoms with Crippen LogP contribution in [0.3, 0.4) is 0 Å². The van der Waals surface area contributed by atoms with Gasteiger partial charge in [-0.15, -0.1) is 0 Å². The number of para-hydroxylation sites is 2. The van der Waals surface area contributed by atoms with Crippen molar-refractivity contribution in [2.24, 2.45) is 7.05 Å². The minimum absolute atomic E-state index is 0.221. The lowest BCUT2D eigenvalue weighted by molar-refractivity contribution is -0.118. The molecule has 29 heavy (non-hydrogen) atoms. The molecule has 2 N–H and O–H groups in total. The molecule has 0 spiro atoms. The molecule has 0 aliphatic heterocycles. The van der Waals surface area contributed by atoms with Crippen LogP contribution in [0.2, 0.25) is 0 Å². The van der Waals surface area contributed by atoms with Crippen molar-refractivity contribution in [2.45, 2.75) is 12.6 Å². The Balaban J connectivity index is 1.56. The lowest BCUT2D eigenvalue weighted by atomic mass is 10.1. The standard InChI is InChI=1S/C23H21FN4O/c1-28-20-10-6-5-9-19(20)27-21(28)15-25-22(16-7-3-2-4-8-16)23(29)26-18-13-11-17(24)12-14-18/h2-14,22,25H,15H2,1H3,(H,26,29)/t22-/m0/s1. The first-order valence-corrected chi connectivity index (χ1v) is 9.37.